The van der Waals surface area contributed by atoms with Gasteiger partial charge in [-0.3, -0.25) is 9.59 Å². The standard InChI is InChI=1S/C12H24N2O2/c1-3-5-8-12(16)14-10-6-9-13-11(15)7-4-2/h3-10H2,1-2H3,(H,13,15)(H,14,16). The molecular weight excluding hydrogens is 204 g/mol. The molecule has 0 aromatic carbocycles. The minimum absolute atomic E-state index is 0.0970. The Morgan fingerprint density at radius 2 is 1.38 bits per heavy atom. The van der Waals surface area contributed by atoms with Crippen LogP contribution in [0.3, 0.4) is 0 Å². The predicted molar refractivity (Wildman–Crippen MR) is 65.1 cm³/mol. The van der Waals surface area contributed by atoms with Crippen molar-refractivity contribution in [3.8, 4) is 0 Å². The molecule has 0 saturated heterocycles. The van der Waals surface area contributed by atoms with Crippen molar-refractivity contribution in [1.82, 2.24) is 10.6 Å². The average molecular weight is 228 g/mol. The molecule has 0 aliphatic rings. The highest BCUT2D eigenvalue weighted by atomic mass is 16.2. The van der Waals surface area contributed by atoms with Gasteiger partial charge in [0.2, 0.25) is 11.8 Å². The molecule has 0 bridgehead atoms. The Morgan fingerprint density at radius 3 is 1.88 bits per heavy atom. The fraction of sp³-hybridized carbons (Fsp3) is 0.833. The Morgan fingerprint density at radius 1 is 0.812 bits per heavy atom. The summed E-state index contributed by atoms with van der Waals surface area (Å²) in [5.74, 6) is 0.210. The van der Waals surface area contributed by atoms with E-state index in [2.05, 4.69) is 17.6 Å². The number of carbonyl (C=O) groups is 2. The van der Waals surface area contributed by atoms with Gasteiger partial charge in [0, 0.05) is 25.9 Å². The Kier molecular flexibility index (Phi) is 9.76. The minimum Gasteiger partial charge on any atom is -0.356 e. The first kappa shape index (κ1) is 14.9. The van der Waals surface area contributed by atoms with Crippen molar-refractivity contribution in [2.45, 2.75) is 52.4 Å². The number of hydrogen-bond donors (Lipinski definition) is 2. The van der Waals surface area contributed by atoms with Gasteiger partial charge in [-0.1, -0.05) is 20.3 Å². The summed E-state index contributed by atoms with van der Waals surface area (Å²) in [5.41, 5.74) is 0. The van der Waals surface area contributed by atoms with Crippen LogP contribution in [0.4, 0.5) is 0 Å². The van der Waals surface area contributed by atoms with Gasteiger partial charge >= 0.3 is 0 Å². The molecule has 0 saturated carbocycles. The van der Waals surface area contributed by atoms with Crippen LogP contribution in [-0.4, -0.2) is 24.9 Å². The fourth-order valence-electron chi connectivity index (χ4n) is 1.29. The summed E-state index contributed by atoms with van der Waals surface area (Å²) in [6, 6.07) is 0. The van der Waals surface area contributed by atoms with Crippen molar-refractivity contribution in [3.63, 3.8) is 0 Å². The van der Waals surface area contributed by atoms with E-state index in [1.807, 2.05) is 6.92 Å². The molecule has 0 fully saturated rings. The van der Waals surface area contributed by atoms with E-state index in [1.165, 1.54) is 0 Å². The number of unbranched alkanes of at least 4 members (excludes halogenated alkanes) is 1. The van der Waals surface area contributed by atoms with E-state index in [0.29, 0.717) is 25.9 Å². The lowest BCUT2D eigenvalue weighted by molar-refractivity contribution is -0.121. The molecule has 94 valence electrons. The van der Waals surface area contributed by atoms with Crippen LogP contribution in [0.5, 0.6) is 0 Å². The summed E-state index contributed by atoms with van der Waals surface area (Å²) in [6.07, 6.45) is 4.86. The highest BCUT2D eigenvalue weighted by molar-refractivity contribution is 5.76. The van der Waals surface area contributed by atoms with Crippen LogP contribution >= 0.6 is 0 Å². The third-order valence-electron chi connectivity index (χ3n) is 2.23. The van der Waals surface area contributed by atoms with Crippen molar-refractivity contribution in [3.05, 3.63) is 0 Å². The Bertz CT molecular complexity index is 205. The first-order valence-electron chi connectivity index (χ1n) is 6.24. The zero-order valence-electron chi connectivity index (χ0n) is 10.5. The summed E-state index contributed by atoms with van der Waals surface area (Å²) in [4.78, 5) is 22.3. The van der Waals surface area contributed by atoms with Crippen LogP contribution in [0.25, 0.3) is 0 Å². The van der Waals surface area contributed by atoms with Gasteiger partial charge in [0.25, 0.3) is 0 Å². The molecule has 4 nitrogen and oxygen atoms in total. The van der Waals surface area contributed by atoms with E-state index in [4.69, 9.17) is 0 Å². The van der Waals surface area contributed by atoms with Gasteiger partial charge in [-0.15, -0.1) is 0 Å². The molecule has 0 heterocycles. The highest BCUT2D eigenvalue weighted by Crippen LogP contribution is 1.92. The molecule has 0 rings (SSSR count). The van der Waals surface area contributed by atoms with Crippen molar-refractivity contribution in [2.75, 3.05) is 13.1 Å². The highest BCUT2D eigenvalue weighted by Gasteiger charge is 2.00. The number of rotatable bonds is 9. The largest absolute Gasteiger partial charge is 0.356 e. The number of amides is 2. The summed E-state index contributed by atoms with van der Waals surface area (Å²) in [6.45, 7) is 5.34. The Hall–Kier alpha value is -1.06. The van der Waals surface area contributed by atoms with Crippen molar-refractivity contribution in [2.24, 2.45) is 0 Å². The topological polar surface area (TPSA) is 58.2 Å². The molecule has 0 aromatic heterocycles. The lowest BCUT2D eigenvalue weighted by Gasteiger charge is -2.06. The van der Waals surface area contributed by atoms with Gasteiger partial charge in [0.15, 0.2) is 0 Å². The second kappa shape index (κ2) is 10.5. The quantitative estimate of drug-likeness (QED) is 0.589. The van der Waals surface area contributed by atoms with Gasteiger partial charge < -0.3 is 10.6 Å². The van der Waals surface area contributed by atoms with E-state index >= 15 is 0 Å². The van der Waals surface area contributed by atoms with Crippen LogP contribution in [-0.2, 0) is 9.59 Å². The maximum atomic E-state index is 11.2. The maximum Gasteiger partial charge on any atom is 0.219 e. The van der Waals surface area contributed by atoms with Gasteiger partial charge in [0.05, 0.1) is 0 Å². The van der Waals surface area contributed by atoms with E-state index in [-0.39, 0.29) is 11.8 Å². The molecule has 0 radical (unpaired) electrons. The zero-order valence-corrected chi connectivity index (χ0v) is 10.5. The summed E-state index contributed by atoms with van der Waals surface area (Å²) >= 11 is 0. The Balaban J connectivity index is 3.26. The summed E-state index contributed by atoms with van der Waals surface area (Å²) in [5, 5.41) is 5.64. The summed E-state index contributed by atoms with van der Waals surface area (Å²) in [7, 11) is 0. The molecule has 0 unspecified atom stereocenters. The fourth-order valence-corrected chi connectivity index (χ4v) is 1.29. The lowest BCUT2D eigenvalue weighted by Crippen LogP contribution is -2.29. The minimum atomic E-state index is 0.0970. The molecule has 4 heteroatoms. The molecule has 0 aromatic rings. The van der Waals surface area contributed by atoms with E-state index in [1.54, 1.807) is 0 Å². The van der Waals surface area contributed by atoms with Crippen LogP contribution in [0.1, 0.15) is 52.4 Å². The van der Waals surface area contributed by atoms with Crippen molar-refractivity contribution in [1.29, 1.82) is 0 Å². The van der Waals surface area contributed by atoms with Crippen LogP contribution in [0.2, 0.25) is 0 Å². The first-order chi connectivity index (χ1) is 7.70. The van der Waals surface area contributed by atoms with Crippen LogP contribution in [0, 0.1) is 0 Å². The van der Waals surface area contributed by atoms with Gasteiger partial charge in [-0.2, -0.15) is 0 Å². The van der Waals surface area contributed by atoms with Crippen LogP contribution < -0.4 is 10.6 Å². The zero-order chi connectivity index (χ0) is 12.2. The van der Waals surface area contributed by atoms with Crippen LogP contribution in [0.15, 0.2) is 0 Å². The first-order valence-corrected chi connectivity index (χ1v) is 6.24. The molecule has 0 aliphatic heterocycles. The smallest absolute Gasteiger partial charge is 0.219 e. The average Bonchev–Trinajstić information content (AvgIpc) is 2.26. The second-order valence-electron chi connectivity index (χ2n) is 3.91. The SMILES string of the molecule is CCCCC(=O)NCCCNC(=O)CCC. The second-order valence-corrected chi connectivity index (χ2v) is 3.91. The monoisotopic (exact) mass is 228 g/mol. The van der Waals surface area contributed by atoms with E-state index in [0.717, 1.165) is 25.7 Å². The molecular formula is C12H24N2O2. The van der Waals surface area contributed by atoms with Gasteiger partial charge in [0.1, 0.15) is 0 Å². The number of carbonyl (C=O) groups excluding carboxylic acids is 2. The van der Waals surface area contributed by atoms with Gasteiger partial charge in [-0.25, -0.2) is 0 Å². The molecule has 2 amide bonds. The third kappa shape index (κ3) is 9.49. The molecule has 2 N–H and O–H groups in total. The van der Waals surface area contributed by atoms with Crippen molar-refractivity contribution >= 4 is 11.8 Å². The molecule has 0 aliphatic carbocycles. The van der Waals surface area contributed by atoms with Gasteiger partial charge in [-0.05, 0) is 19.3 Å². The number of hydrogen-bond acceptors (Lipinski definition) is 2. The third-order valence-corrected chi connectivity index (χ3v) is 2.23. The normalized spacial score (nSPS) is 9.88. The van der Waals surface area contributed by atoms with E-state index < -0.39 is 0 Å². The maximum absolute atomic E-state index is 11.2. The summed E-state index contributed by atoms with van der Waals surface area (Å²) < 4.78 is 0. The molecule has 0 atom stereocenters. The predicted octanol–water partition coefficient (Wildman–Crippen LogP) is 1.60. The van der Waals surface area contributed by atoms with E-state index in [9.17, 15) is 9.59 Å². The molecule has 0 spiro atoms. The Labute approximate surface area is 98.2 Å². The van der Waals surface area contributed by atoms with Crippen molar-refractivity contribution < 1.29 is 9.59 Å². The lowest BCUT2D eigenvalue weighted by atomic mass is 10.2. The molecule has 16 heavy (non-hydrogen) atoms. The number of nitrogens with one attached hydrogen (secondary N) is 2.